The van der Waals surface area contributed by atoms with Gasteiger partial charge in [-0.2, -0.15) is 0 Å². The van der Waals surface area contributed by atoms with Crippen molar-refractivity contribution in [3.05, 3.63) is 130 Å². The Morgan fingerprint density at radius 3 is 2.43 bits per heavy atom. The van der Waals surface area contributed by atoms with Crippen LogP contribution in [0.3, 0.4) is 0 Å². The van der Waals surface area contributed by atoms with Gasteiger partial charge in [0.15, 0.2) is 11.6 Å². The van der Waals surface area contributed by atoms with Crippen LogP contribution in [0.4, 0.5) is 0 Å². The summed E-state index contributed by atoms with van der Waals surface area (Å²) in [6, 6.07) is 32.1. The van der Waals surface area contributed by atoms with Gasteiger partial charge in [-0.25, -0.2) is 4.99 Å². The van der Waals surface area contributed by atoms with E-state index in [4.69, 9.17) is 35.9 Å². The van der Waals surface area contributed by atoms with E-state index in [1.807, 2.05) is 91.0 Å². The van der Waals surface area contributed by atoms with Crippen molar-refractivity contribution in [1.29, 1.82) is 0 Å². The number of aliphatic imine (C=N–C) groups is 1. The van der Waals surface area contributed by atoms with Gasteiger partial charge in [-0.3, -0.25) is 4.79 Å². The molecule has 1 heterocycles. The number of carbonyl (C=O) groups is 1. The summed E-state index contributed by atoms with van der Waals surface area (Å²) in [5.74, 6) is 1.44. The van der Waals surface area contributed by atoms with Gasteiger partial charge in [-0.1, -0.05) is 66.2 Å². The van der Waals surface area contributed by atoms with Crippen molar-refractivity contribution >= 4 is 23.4 Å². The molecule has 0 spiro atoms. The van der Waals surface area contributed by atoms with Crippen LogP contribution in [0.25, 0.3) is 0 Å². The third kappa shape index (κ3) is 6.75. The number of carbonyl (C=O) groups excluding carboxylic acids is 1. The number of hydrogen-bond donors (Lipinski definition) is 2. The molecule has 4 aromatic rings. The van der Waals surface area contributed by atoms with Crippen LogP contribution in [-0.2, 0) is 22.5 Å². The zero-order valence-electron chi connectivity index (χ0n) is 23.3. The lowest BCUT2D eigenvalue weighted by Gasteiger charge is -2.31. The molecule has 0 saturated carbocycles. The lowest BCUT2D eigenvalue weighted by atomic mass is 9.82. The zero-order valence-corrected chi connectivity index (χ0v) is 24.1. The topological polar surface area (TPSA) is 89.4 Å². The second-order valence-corrected chi connectivity index (χ2v) is 10.5. The Balaban J connectivity index is 1.55. The maximum Gasteiger partial charge on any atom is 0.252 e. The Bertz CT molecular complexity index is 1510. The Labute approximate surface area is 250 Å². The fourth-order valence-electron chi connectivity index (χ4n) is 4.93. The van der Waals surface area contributed by atoms with Gasteiger partial charge in [-0.15, -0.1) is 0 Å². The first-order valence-corrected chi connectivity index (χ1v) is 14.2. The van der Waals surface area contributed by atoms with E-state index >= 15 is 0 Å². The number of amides is 1. The van der Waals surface area contributed by atoms with Crippen LogP contribution in [-0.4, -0.2) is 42.8 Å². The van der Waals surface area contributed by atoms with Gasteiger partial charge < -0.3 is 24.6 Å². The molecule has 2 atom stereocenters. The molecular weight excluding hydrogens is 552 g/mol. The Kier molecular flexibility index (Phi) is 9.41. The smallest absolute Gasteiger partial charge is 0.252 e. The molecule has 0 aromatic heterocycles. The molecule has 2 N–H and O–H groups in total. The fourth-order valence-corrected chi connectivity index (χ4v) is 5.06. The molecule has 4 aromatic carbocycles. The predicted molar refractivity (Wildman–Crippen MR) is 163 cm³/mol. The third-order valence-corrected chi connectivity index (χ3v) is 7.36. The van der Waals surface area contributed by atoms with Gasteiger partial charge in [0.05, 0.1) is 13.7 Å². The summed E-state index contributed by atoms with van der Waals surface area (Å²) in [6.07, 6.45) is 0.134. The fraction of sp³-hybridized carbons (Fsp3) is 0.235. The summed E-state index contributed by atoms with van der Waals surface area (Å²) in [5.41, 5.74) is 2.05. The van der Waals surface area contributed by atoms with E-state index in [0.717, 1.165) is 22.3 Å². The molecule has 0 bridgehead atoms. The SMILES string of the molecule is COc1cccc([C@H]2OC(c3ccc(OCCCO)cc3)=N[C@@]2(Cc2ccccc2)C(=O)NCc2ccc(Cl)cc2)c1. The van der Waals surface area contributed by atoms with Gasteiger partial charge in [0.25, 0.3) is 5.91 Å². The number of nitrogens with one attached hydrogen (secondary N) is 1. The quantitative estimate of drug-likeness (QED) is 0.202. The van der Waals surface area contributed by atoms with Crippen LogP contribution < -0.4 is 14.8 Å². The number of ether oxygens (including phenoxy) is 3. The molecule has 42 heavy (non-hydrogen) atoms. The highest BCUT2D eigenvalue weighted by Crippen LogP contribution is 2.43. The van der Waals surface area contributed by atoms with E-state index < -0.39 is 11.6 Å². The summed E-state index contributed by atoms with van der Waals surface area (Å²) in [5, 5.41) is 12.8. The van der Waals surface area contributed by atoms with E-state index in [0.29, 0.717) is 48.4 Å². The highest BCUT2D eigenvalue weighted by Gasteiger charge is 2.53. The van der Waals surface area contributed by atoms with Crippen molar-refractivity contribution < 1.29 is 24.1 Å². The van der Waals surface area contributed by atoms with E-state index in [1.54, 1.807) is 19.2 Å². The molecule has 1 aliphatic heterocycles. The molecule has 0 saturated heterocycles. The normalized spacial score (nSPS) is 17.7. The van der Waals surface area contributed by atoms with E-state index in [1.165, 1.54) is 0 Å². The standard InChI is InChI=1S/C34H33ClN2O5/c1-40-30-10-5-9-27(21-30)31-34(22-24-7-3-2-4-8-24,33(39)36-23-25-11-15-28(35)16-12-25)37-32(42-31)26-13-17-29(18-14-26)41-20-6-19-38/h2-5,7-18,21,31,38H,6,19-20,22-23H2,1H3,(H,36,39)/t31-,34-/m1/s1. The largest absolute Gasteiger partial charge is 0.497 e. The maximum absolute atomic E-state index is 14.3. The molecule has 7 nitrogen and oxygen atoms in total. The number of nitrogens with zero attached hydrogens (tertiary/aromatic N) is 1. The minimum atomic E-state index is -1.31. The highest BCUT2D eigenvalue weighted by atomic mass is 35.5. The second kappa shape index (κ2) is 13.6. The molecule has 0 fully saturated rings. The first-order valence-electron chi connectivity index (χ1n) is 13.8. The van der Waals surface area contributed by atoms with Crippen LogP contribution in [0.1, 0.15) is 34.8 Å². The van der Waals surface area contributed by atoms with Gasteiger partial charge in [0.2, 0.25) is 5.90 Å². The first-order chi connectivity index (χ1) is 20.5. The molecule has 0 unspecified atom stereocenters. The lowest BCUT2D eigenvalue weighted by Crippen LogP contribution is -2.49. The molecule has 216 valence electrons. The van der Waals surface area contributed by atoms with Gasteiger partial charge in [-0.05, 0) is 65.2 Å². The van der Waals surface area contributed by atoms with Crippen molar-refractivity contribution in [3.63, 3.8) is 0 Å². The van der Waals surface area contributed by atoms with Crippen LogP contribution in [0, 0.1) is 0 Å². The Hall–Kier alpha value is -4.33. The van der Waals surface area contributed by atoms with Gasteiger partial charge in [0, 0.05) is 36.6 Å². The van der Waals surface area contributed by atoms with Gasteiger partial charge in [0.1, 0.15) is 11.5 Å². The maximum atomic E-state index is 14.3. The van der Waals surface area contributed by atoms with E-state index in [9.17, 15) is 4.79 Å². The number of hydrogen-bond acceptors (Lipinski definition) is 6. The summed E-state index contributed by atoms with van der Waals surface area (Å²) in [7, 11) is 1.61. The van der Waals surface area contributed by atoms with Crippen LogP contribution in [0.2, 0.25) is 5.02 Å². The molecule has 0 radical (unpaired) electrons. The summed E-state index contributed by atoms with van der Waals surface area (Å²) >= 11 is 6.07. The average molecular weight is 585 g/mol. The summed E-state index contributed by atoms with van der Waals surface area (Å²) in [6.45, 7) is 0.791. The predicted octanol–water partition coefficient (Wildman–Crippen LogP) is 5.93. The molecule has 1 aliphatic rings. The minimum absolute atomic E-state index is 0.0674. The van der Waals surface area contributed by atoms with Crippen molar-refractivity contribution in [2.45, 2.75) is 31.0 Å². The molecule has 1 amide bonds. The van der Waals surface area contributed by atoms with Gasteiger partial charge >= 0.3 is 0 Å². The highest BCUT2D eigenvalue weighted by molar-refractivity contribution is 6.30. The molecular formula is C34H33ClN2O5. The Morgan fingerprint density at radius 1 is 0.952 bits per heavy atom. The number of methoxy groups -OCH3 is 1. The van der Waals surface area contributed by atoms with Crippen LogP contribution in [0.15, 0.2) is 108 Å². The average Bonchev–Trinajstić information content (AvgIpc) is 3.42. The van der Waals surface area contributed by atoms with Crippen molar-refractivity contribution in [2.24, 2.45) is 4.99 Å². The van der Waals surface area contributed by atoms with Crippen molar-refractivity contribution in [1.82, 2.24) is 5.32 Å². The van der Waals surface area contributed by atoms with Crippen LogP contribution in [0.5, 0.6) is 11.5 Å². The molecule has 8 heteroatoms. The number of rotatable bonds is 12. The Morgan fingerprint density at radius 2 is 1.71 bits per heavy atom. The van der Waals surface area contributed by atoms with E-state index in [2.05, 4.69) is 5.32 Å². The minimum Gasteiger partial charge on any atom is -0.497 e. The lowest BCUT2D eigenvalue weighted by molar-refractivity contribution is -0.129. The number of aliphatic hydroxyl groups is 1. The van der Waals surface area contributed by atoms with Crippen LogP contribution >= 0.6 is 11.6 Å². The van der Waals surface area contributed by atoms with Crippen molar-refractivity contribution in [2.75, 3.05) is 20.3 Å². The summed E-state index contributed by atoms with van der Waals surface area (Å²) in [4.78, 5) is 19.4. The number of halogens is 1. The monoisotopic (exact) mass is 584 g/mol. The molecule has 5 rings (SSSR count). The van der Waals surface area contributed by atoms with Crippen molar-refractivity contribution in [3.8, 4) is 11.5 Å². The molecule has 0 aliphatic carbocycles. The zero-order chi connectivity index (χ0) is 29.4. The third-order valence-electron chi connectivity index (χ3n) is 7.11. The summed E-state index contributed by atoms with van der Waals surface area (Å²) < 4.78 is 17.8. The second-order valence-electron chi connectivity index (χ2n) is 10.0. The first kappa shape index (κ1) is 29.2. The van der Waals surface area contributed by atoms with E-state index in [-0.39, 0.29) is 12.5 Å². The number of aliphatic hydroxyl groups excluding tert-OH is 1. The number of benzene rings is 4.